The first kappa shape index (κ1) is 13.3. The molecule has 0 aliphatic carbocycles. The SMILES string of the molecule is N#CC(NCc1cccs1)c1cc(Cl)c2c(c1)OCO2. The van der Waals surface area contributed by atoms with Gasteiger partial charge in [-0.1, -0.05) is 17.7 Å². The molecule has 3 rings (SSSR count). The van der Waals surface area contributed by atoms with Gasteiger partial charge < -0.3 is 9.47 Å². The molecule has 0 fully saturated rings. The smallest absolute Gasteiger partial charge is 0.231 e. The van der Waals surface area contributed by atoms with Crippen molar-refractivity contribution in [2.75, 3.05) is 6.79 Å². The average Bonchev–Trinajstić information content (AvgIpc) is 3.10. The fourth-order valence-electron chi connectivity index (χ4n) is 2.01. The molecule has 1 atom stereocenters. The van der Waals surface area contributed by atoms with Gasteiger partial charge in [0.25, 0.3) is 0 Å². The van der Waals surface area contributed by atoms with Gasteiger partial charge in [0, 0.05) is 11.4 Å². The molecule has 2 aromatic rings. The van der Waals surface area contributed by atoms with E-state index < -0.39 is 6.04 Å². The van der Waals surface area contributed by atoms with E-state index in [1.54, 1.807) is 23.5 Å². The van der Waals surface area contributed by atoms with Crippen molar-refractivity contribution in [1.82, 2.24) is 5.32 Å². The molecule has 0 saturated carbocycles. The molecule has 1 N–H and O–H groups in total. The molecular formula is C14H11ClN2O2S. The van der Waals surface area contributed by atoms with Gasteiger partial charge in [-0.25, -0.2) is 0 Å². The van der Waals surface area contributed by atoms with Crippen LogP contribution in [0.2, 0.25) is 5.02 Å². The second-order valence-corrected chi connectivity index (χ2v) is 5.70. The van der Waals surface area contributed by atoms with E-state index in [-0.39, 0.29) is 6.79 Å². The second-order valence-electron chi connectivity index (χ2n) is 4.26. The van der Waals surface area contributed by atoms with Crippen LogP contribution in [0.4, 0.5) is 0 Å². The summed E-state index contributed by atoms with van der Waals surface area (Å²) < 4.78 is 10.6. The second kappa shape index (κ2) is 5.71. The lowest BCUT2D eigenvalue weighted by Crippen LogP contribution is -2.18. The maximum atomic E-state index is 9.32. The molecule has 0 bridgehead atoms. The van der Waals surface area contributed by atoms with Crippen LogP contribution < -0.4 is 14.8 Å². The predicted octanol–water partition coefficient (Wildman–Crippen LogP) is 3.48. The average molecular weight is 307 g/mol. The molecule has 1 aromatic heterocycles. The zero-order valence-electron chi connectivity index (χ0n) is 10.4. The van der Waals surface area contributed by atoms with Crippen molar-refractivity contribution >= 4 is 22.9 Å². The molecule has 1 aliphatic heterocycles. The summed E-state index contributed by atoms with van der Waals surface area (Å²) in [5, 5.41) is 15.0. The van der Waals surface area contributed by atoms with E-state index in [4.69, 9.17) is 21.1 Å². The number of thiophene rings is 1. The van der Waals surface area contributed by atoms with Gasteiger partial charge in [0.15, 0.2) is 11.5 Å². The Labute approximate surface area is 125 Å². The number of halogens is 1. The molecule has 0 amide bonds. The van der Waals surface area contributed by atoms with Gasteiger partial charge in [-0.15, -0.1) is 11.3 Å². The molecule has 0 radical (unpaired) electrons. The van der Waals surface area contributed by atoms with Crippen molar-refractivity contribution in [1.29, 1.82) is 5.26 Å². The summed E-state index contributed by atoms with van der Waals surface area (Å²) in [5.41, 5.74) is 0.776. The minimum absolute atomic E-state index is 0.165. The third-order valence-corrected chi connectivity index (χ3v) is 4.13. The van der Waals surface area contributed by atoms with Gasteiger partial charge in [0.1, 0.15) is 6.04 Å². The molecule has 20 heavy (non-hydrogen) atoms. The van der Waals surface area contributed by atoms with Gasteiger partial charge in [-0.2, -0.15) is 5.26 Å². The molecule has 1 aromatic carbocycles. The van der Waals surface area contributed by atoms with Crippen LogP contribution in [-0.4, -0.2) is 6.79 Å². The van der Waals surface area contributed by atoms with E-state index in [9.17, 15) is 5.26 Å². The molecule has 6 heteroatoms. The third-order valence-electron chi connectivity index (χ3n) is 2.97. The zero-order valence-corrected chi connectivity index (χ0v) is 12.0. The largest absolute Gasteiger partial charge is 0.454 e. The molecule has 0 saturated heterocycles. The number of ether oxygens (including phenoxy) is 2. The van der Waals surface area contributed by atoms with Gasteiger partial charge in [0.05, 0.1) is 11.1 Å². The standard InChI is InChI=1S/C14H11ClN2O2S/c15-11-4-9(5-13-14(11)19-8-18-13)12(6-16)17-7-10-2-1-3-20-10/h1-5,12,17H,7-8H2. The number of fused-ring (bicyclic) bond motifs is 1. The maximum absolute atomic E-state index is 9.32. The fourth-order valence-corrected chi connectivity index (χ4v) is 2.94. The van der Waals surface area contributed by atoms with Crippen LogP contribution in [0.3, 0.4) is 0 Å². The van der Waals surface area contributed by atoms with Crippen molar-refractivity contribution < 1.29 is 9.47 Å². The maximum Gasteiger partial charge on any atom is 0.231 e. The monoisotopic (exact) mass is 306 g/mol. The van der Waals surface area contributed by atoms with Crippen molar-refractivity contribution in [3.05, 3.63) is 45.1 Å². The van der Waals surface area contributed by atoms with E-state index in [2.05, 4.69) is 11.4 Å². The van der Waals surface area contributed by atoms with Gasteiger partial charge in [0.2, 0.25) is 6.79 Å². The predicted molar refractivity (Wildman–Crippen MR) is 77.1 cm³/mol. The summed E-state index contributed by atoms with van der Waals surface area (Å²) in [6, 6.07) is 9.35. The summed E-state index contributed by atoms with van der Waals surface area (Å²) in [7, 11) is 0. The number of nitrogens with one attached hydrogen (secondary N) is 1. The van der Waals surface area contributed by atoms with Gasteiger partial charge in [-0.05, 0) is 29.1 Å². The highest BCUT2D eigenvalue weighted by Crippen LogP contribution is 2.41. The van der Waals surface area contributed by atoms with Crippen LogP contribution in [0.5, 0.6) is 11.5 Å². The highest BCUT2D eigenvalue weighted by molar-refractivity contribution is 7.09. The molecule has 1 aliphatic rings. The summed E-state index contributed by atoms with van der Waals surface area (Å²) in [6.07, 6.45) is 0. The van der Waals surface area contributed by atoms with Crippen LogP contribution in [0, 0.1) is 11.3 Å². The lowest BCUT2D eigenvalue weighted by Gasteiger charge is -2.12. The number of nitriles is 1. The minimum Gasteiger partial charge on any atom is -0.454 e. The fraction of sp³-hybridized carbons (Fsp3) is 0.214. The van der Waals surface area contributed by atoms with Crippen molar-refractivity contribution in [2.24, 2.45) is 0 Å². The summed E-state index contributed by atoms with van der Waals surface area (Å²) >= 11 is 7.79. The Kier molecular flexibility index (Phi) is 3.79. The van der Waals surface area contributed by atoms with Gasteiger partial charge >= 0.3 is 0 Å². The first-order valence-corrected chi connectivity index (χ1v) is 7.28. The van der Waals surface area contributed by atoms with Crippen molar-refractivity contribution in [2.45, 2.75) is 12.6 Å². The van der Waals surface area contributed by atoms with E-state index in [1.165, 1.54) is 4.88 Å². The Balaban J connectivity index is 1.79. The molecule has 2 heterocycles. The lowest BCUT2D eigenvalue weighted by atomic mass is 10.1. The Morgan fingerprint density at radius 2 is 2.35 bits per heavy atom. The number of hydrogen-bond donors (Lipinski definition) is 1. The van der Waals surface area contributed by atoms with E-state index in [1.807, 2.05) is 17.5 Å². The van der Waals surface area contributed by atoms with E-state index >= 15 is 0 Å². The summed E-state index contributed by atoms with van der Waals surface area (Å²) in [4.78, 5) is 1.18. The van der Waals surface area contributed by atoms with Crippen LogP contribution in [0.15, 0.2) is 29.6 Å². The van der Waals surface area contributed by atoms with Crippen LogP contribution in [0.25, 0.3) is 0 Å². The van der Waals surface area contributed by atoms with Crippen LogP contribution in [0.1, 0.15) is 16.5 Å². The summed E-state index contributed by atoms with van der Waals surface area (Å²) in [5.74, 6) is 1.14. The van der Waals surface area contributed by atoms with Gasteiger partial charge in [-0.3, -0.25) is 5.32 Å². The van der Waals surface area contributed by atoms with E-state index in [0.29, 0.717) is 23.1 Å². The van der Waals surface area contributed by atoms with Crippen LogP contribution in [-0.2, 0) is 6.54 Å². The first-order valence-electron chi connectivity index (χ1n) is 6.02. The zero-order chi connectivity index (χ0) is 13.9. The quantitative estimate of drug-likeness (QED) is 0.939. The Morgan fingerprint density at radius 1 is 1.45 bits per heavy atom. The van der Waals surface area contributed by atoms with Crippen molar-refractivity contribution in [3.63, 3.8) is 0 Å². The van der Waals surface area contributed by atoms with Crippen LogP contribution >= 0.6 is 22.9 Å². The molecule has 0 spiro atoms. The molecule has 102 valence electrons. The first-order chi connectivity index (χ1) is 9.78. The Bertz CT molecular complexity index is 652. The highest BCUT2D eigenvalue weighted by Gasteiger charge is 2.21. The number of nitrogens with zero attached hydrogens (tertiary/aromatic N) is 1. The number of benzene rings is 1. The van der Waals surface area contributed by atoms with E-state index in [0.717, 1.165) is 5.56 Å². The third kappa shape index (κ3) is 2.59. The molecular weight excluding hydrogens is 296 g/mol. The number of hydrogen-bond acceptors (Lipinski definition) is 5. The van der Waals surface area contributed by atoms with Crippen molar-refractivity contribution in [3.8, 4) is 17.6 Å². The normalized spacial score (nSPS) is 14.0. The highest BCUT2D eigenvalue weighted by atomic mass is 35.5. The number of rotatable bonds is 4. The Hall–Kier alpha value is -1.74. The Morgan fingerprint density at radius 3 is 3.10 bits per heavy atom. The molecule has 4 nitrogen and oxygen atoms in total. The topological polar surface area (TPSA) is 54.3 Å². The summed E-state index contributed by atoms with van der Waals surface area (Å²) in [6.45, 7) is 0.806. The minimum atomic E-state index is -0.441. The molecule has 1 unspecified atom stereocenters. The lowest BCUT2D eigenvalue weighted by molar-refractivity contribution is 0.174.